The van der Waals surface area contributed by atoms with E-state index in [0.717, 1.165) is 5.92 Å². The normalized spacial score (nSPS) is 20.4. The Morgan fingerprint density at radius 2 is 2.24 bits per heavy atom. The number of benzene rings is 1. The van der Waals surface area contributed by atoms with Gasteiger partial charge in [-0.2, -0.15) is 11.8 Å². The average molecular weight is 249 g/mol. The molecule has 0 bridgehead atoms. The molecule has 0 amide bonds. The zero-order valence-electron chi connectivity index (χ0n) is 10.7. The summed E-state index contributed by atoms with van der Waals surface area (Å²) in [5, 5.41) is 3.49. The van der Waals surface area contributed by atoms with Gasteiger partial charge in [-0.1, -0.05) is 24.3 Å². The van der Waals surface area contributed by atoms with Crippen LogP contribution in [0.5, 0.6) is 0 Å². The van der Waals surface area contributed by atoms with E-state index in [4.69, 9.17) is 0 Å². The molecule has 0 aliphatic carbocycles. The lowest BCUT2D eigenvalue weighted by molar-refractivity contribution is 0.371. The molecule has 1 aliphatic heterocycles. The number of nitrogens with one attached hydrogen (secondary N) is 1. The molecular formula is C15H23NS. The van der Waals surface area contributed by atoms with Crippen LogP contribution in [0.3, 0.4) is 0 Å². The largest absolute Gasteiger partial charge is 0.316 e. The first-order valence-electron chi connectivity index (χ1n) is 6.69. The Morgan fingerprint density at radius 1 is 1.35 bits per heavy atom. The van der Waals surface area contributed by atoms with Gasteiger partial charge in [0.2, 0.25) is 0 Å². The van der Waals surface area contributed by atoms with Gasteiger partial charge in [-0.3, -0.25) is 0 Å². The highest BCUT2D eigenvalue weighted by Gasteiger charge is 2.12. The summed E-state index contributed by atoms with van der Waals surface area (Å²) < 4.78 is 0. The molecule has 17 heavy (non-hydrogen) atoms. The van der Waals surface area contributed by atoms with E-state index >= 15 is 0 Å². The van der Waals surface area contributed by atoms with E-state index in [1.807, 2.05) is 0 Å². The fraction of sp³-hybridized carbons (Fsp3) is 0.600. The summed E-state index contributed by atoms with van der Waals surface area (Å²) in [6.45, 7) is 4.68. The Bertz CT molecular complexity index is 331. The number of aryl methyl sites for hydroxylation is 1. The second-order valence-electron chi connectivity index (χ2n) is 4.98. The van der Waals surface area contributed by atoms with Crippen molar-refractivity contribution < 1.29 is 0 Å². The van der Waals surface area contributed by atoms with Crippen LogP contribution >= 0.6 is 11.8 Å². The van der Waals surface area contributed by atoms with E-state index in [1.54, 1.807) is 0 Å². The van der Waals surface area contributed by atoms with Crippen molar-refractivity contribution in [1.29, 1.82) is 0 Å². The molecule has 1 nitrogen and oxygen atoms in total. The summed E-state index contributed by atoms with van der Waals surface area (Å²) in [5.41, 5.74) is 2.93. The zero-order valence-corrected chi connectivity index (χ0v) is 11.6. The zero-order chi connectivity index (χ0) is 11.9. The molecule has 0 aromatic heterocycles. The van der Waals surface area contributed by atoms with Gasteiger partial charge in [0.25, 0.3) is 0 Å². The highest BCUT2D eigenvalue weighted by atomic mass is 32.2. The third-order valence-corrected chi connectivity index (χ3v) is 4.63. The molecule has 1 saturated heterocycles. The minimum atomic E-state index is 0.924. The lowest BCUT2D eigenvalue weighted by atomic mass is 9.97. The first-order valence-corrected chi connectivity index (χ1v) is 7.84. The summed E-state index contributed by atoms with van der Waals surface area (Å²) in [6.07, 6.45) is 4.18. The molecule has 1 aliphatic rings. The number of hydrogen-bond acceptors (Lipinski definition) is 2. The number of rotatable bonds is 5. The minimum absolute atomic E-state index is 0.924. The lowest BCUT2D eigenvalue weighted by Gasteiger charge is -2.22. The smallest absolute Gasteiger partial charge is 0.0187 e. The van der Waals surface area contributed by atoms with Gasteiger partial charge < -0.3 is 5.32 Å². The van der Waals surface area contributed by atoms with Gasteiger partial charge in [0.05, 0.1) is 0 Å². The Balaban J connectivity index is 1.64. The van der Waals surface area contributed by atoms with Gasteiger partial charge in [-0.25, -0.2) is 0 Å². The van der Waals surface area contributed by atoms with Gasteiger partial charge in [0, 0.05) is 5.75 Å². The third kappa shape index (κ3) is 4.36. The molecule has 2 rings (SSSR count). The van der Waals surface area contributed by atoms with Crippen molar-refractivity contribution in [3.63, 3.8) is 0 Å². The number of hydrogen-bond donors (Lipinski definition) is 1. The number of piperidine rings is 1. The molecule has 1 aromatic carbocycles. The van der Waals surface area contributed by atoms with Crippen LogP contribution < -0.4 is 5.32 Å². The molecule has 1 fully saturated rings. The average Bonchev–Trinajstić information content (AvgIpc) is 2.38. The van der Waals surface area contributed by atoms with Crippen molar-refractivity contribution in [2.75, 3.05) is 18.8 Å². The maximum Gasteiger partial charge on any atom is 0.0187 e. The molecule has 0 radical (unpaired) electrons. The molecular weight excluding hydrogens is 226 g/mol. The monoisotopic (exact) mass is 249 g/mol. The molecule has 1 heterocycles. The van der Waals surface area contributed by atoms with Crippen molar-refractivity contribution in [1.82, 2.24) is 5.32 Å². The molecule has 0 saturated carbocycles. The van der Waals surface area contributed by atoms with Crippen molar-refractivity contribution in [3.05, 3.63) is 35.4 Å². The molecule has 1 aromatic rings. The van der Waals surface area contributed by atoms with Gasteiger partial charge in [0.15, 0.2) is 0 Å². The van der Waals surface area contributed by atoms with Crippen molar-refractivity contribution in [3.8, 4) is 0 Å². The Hall–Kier alpha value is -0.470. The predicted molar refractivity (Wildman–Crippen MR) is 77.6 cm³/mol. The Kier molecular flexibility index (Phi) is 5.40. The third-order valence-electron chi connectivity index (χ3n) is 3.59. The molecule has 1 atom stereocenters. The van der Waals surface area contributed by atoms with Gasteiger partial charge in [0.1, 0.15) is 0 Å². The highest BCUT2D eigenvalue weighted by Crippen LogP contribution is 2.20. The Labute approximate surface area is 109 Å². The van der Waals surface area contributed by atoms with E-state index in [0.29, 0.717) is 0 Å². The summed E-state index contributed by atoms with van der Waals surface area (Å²) in [4.78, 5) is 0. The highest BCUT2D eigenvalue weighted by molar-refractivity contribution is 7.98. The van der Waals surface area contributed by atoms with E-state index in [2.05, 4.69) is 48.3 Å². The van der Waals surface area contributed by atoms with Crippen molar-refractivity contribution >= 4 is 11.8 Å². The van der Waals surface area contributed by atoms with Crippen molar-refractivity contribution in [2.45, 2.75) is 31.9 Å². The number of thioether (sulfide) groups is 1. The van der Waals surface area contributed by atoms with Gasteiger partial charge in [-0.05, 0) is 62.1 Å². The van der Waals surface area contributed by atoms with Crippen LogP contribution in [-0.2, 0) is 5.75 Å². The first-order chi connectivity index (χ1) is 8.36. The van der Waals surface area contributed by atoms with E-state index in [-0.39, 0.29) is 0 Å². The summed E-state index contributed by atoms with van der Waals surface area (Å²) in [6, 6.07) is 8.73. The van der Waals surface area contributed by atoms with Gasteiger partial charge >= 0.3 is 0 Å². The summed E-state index contributed by atoms with van der Waals surface area (Å²) in [7, 11) is 0. The first kappa shape index (κ1) is 13.0. The molecule has 94 valence electrons. The van der Waals surface area contributed by atoms with Gasteiger partial charge in [-0.15, -0.1) is 0 Å². The maximum absolute atomic E-state index is 3.49. The van der Waals surface area contributed by atoms with Crippen LogP contribution in [0.2, 0.25) is 0 Å². The summed E-state index contributed by atoms with van der Waals surface area (Å²) in [5.74, 6) is 3.40. The standard InChI is InChI=1S/C15H23NS/c1-13-5-2-3-7-15(13)12-17-10-8-14-6-4-9-16-11-14/h2-3,5,7,14,16H,4,6,8-12H2,1H3. The van der Waals surface area contributed by atoms with Crippen LogP contribution in [0.15, 0.2) is 24.3 Å². The van der Waals surface area contributed by atoms with Crippen LogP contribution in [0, 0.1) is 12.8 Å². The van der Waals surface area contributed by atoms with Crippen molar-refractivity contribution in [2.24, 2.45) is 5.92 Å². The molecule has 2 heteroatoms. The second-order valence-corrected chi connectivity index (χ2v) is 6.09. The predicted octanol–water partition coefficient (Wildman–Crippen LogP) is 3.62. The van der Waals surface area contributed by atoms with Crippen LogP contribution in [0.25, 0.3) is 0 Å². The van der Waals surface area contributed by atoms with E-state index in [9.17, 15) is 0 Å². The van der Waals surface area contributed by atoms with Crippen LogP contribution in [0.4, 0.5) is 0 Å². The molecule has 1 unspecified atom stereocenters. The molecule has 1 N–H and O–H groups in total. The van der Waals surface area contributed by atoms with Crippen LogP contribution in [0.1, 0.15) is 30.4 Å². The van der Waals surface area contributed by atoms with E-state index in [1.165, 1.54) is 55.0 Å². The fourth-order valence-corrected chi connectivity index (χ4v) is 3.56. The minimum Gasteiger partial charge on any atom is -0.316 e. The lowest BCUT2D eigenvalue weighted by Crippen LogP contribution is -2.29. The topological polar surface area (TPSA) is 12.0 Å². The summed E-state index contributed by atoms with van der Waals surface area (Å²) >= 11 is 2.09. The fourth-order valence-electron chi connectivity index (χ4n) is 2.37. The second kappa shape index (κ2) is 7.07. The van der Waals surface area contributed by atoms with Crippen LogP contribution in [-0.4, -0.2) is 18.8 Å². The molecule has 0 spiro atoms. The van der Waals surface area contributed by atoms with E-state index < -0.39 is 0 Å². The SMILES string of the molecule is Cc1ccccc1CSCCC1CCCNC1. The Morgan fingerprint density at radius 3 is 3.00 bits per heavy atom. The maximum atomic E-state index is 3.49. The quantitative estimate of drug-likeness (QED) is 0.800.